The number of hydrogen-bond acceptors (Lipinski definition) is 1. The van der Waals surface area contributed by atoms with Gasteiger partial charge in [0.25, 0.3) is 0 Å². The van der Waals surface area contributed by atoms with Crippen LogP contribution in [-0.4, -0.2) is 4.98 Å². The number of nitrogens with one attached hydrogen (secondary N) is 1. The highest BCUT2D eigenvalue weighted by atomic mass is 16.1. The maximum absolute atomic E-state index is 12.4. The van der Waals surface area contributed by atoms with Crippen LogP contribution in [0.2, 0.25) is 0 Å². The molecule has 3 heteroatoms. The van der Waals surface area contributed by atoms with Crippen LogP contribution in [0.4, 0.5) is 0 Å². The molecule has 0 aliphatic carbocycles. The lowest BCUT2D eigenvalue weighted by molar-refractivity contribution is -0.621. The molecule has 104 valence electrons. The molecule has 1 aromatic heterocycles. The van der Waals surface area contributed by atoms with Crippen molar-refractivity contribution in [1.29, 1.82) is 0 Å². The SMILES string of the molecule is Cc1[nH]c(=O)[n+](-c2ccccc2)c(C)c1-c1ccccc1. The topological polar surface area (TPSA) is 36.7 Å². The van der Waals surface area contributed by atoms with Gasteiger partial charge in [0.15, 0.2) is 0 Å². The van der Waals surface area contributed by atoms with Crippen molar-refractivity contribution in [2.45, 2.75) is 13.8 Å². The van der Waals surface area contributed by atoms with E-state index in [0.717, 1.165) is 28.2 Å². The van der Waals surface area contributed by atoms with Gasteiger partial charge >= 0.3 is 5.69 Å². The average Bonchev–Trinajstić information content (AvgIpc) is 2.49. The van der Waals surface area contributed by atoms with Crippen molar-refractivity contribution in [3.8, 4) is 16.8 Å². The second kappa shape index (κ2) is 5.37. The fraction of sp³-hybridized carbons (Fsp3) is 0.111. The number of aromatic nitrogens is 2. The van der Waals surface area contributed by atoms with E-state index in [1.807, 2.05) is 62.4 Å². The molecule has 0 atom stereocenters. The predicted molar refractivity (Wildman–Crippen MR) is 83.5 cm³/mol. The summed E-state index contributed by atoms with van der Waals surface area (Å²) < 4.78 is 1.72. The van der Waals surface area contributed by atoms with Crippen LogP contribution in [0, 0.1) is 13.8 Å². The maximum Gasteiger partial charge on any atom is 0.501 e. The summed E-state index contributed by atoms with van der Waals surface area (Å²) in [5.41, 5.74) is 4.75. The van der Waals surface area contributed by atoms with Gasteiger partial charge in [0.1, 0.15) is 17.1 Å². The minimum absolute atomic E-state index is 0.115. The number of hydrogen-bond donors (Lipinski definition) is 1. The van der Waals surface area contributed by atoms with Crippen LogP contribution in [0.3, 0.4) is 0 Å². The van der Waals surface area contributed by atoms with E-state index in [1.54, 1.807) is 4.57 Å². The van der Waals surface area contributed by atoms with Crippen molar-refractivity contribution in [1.82, 2.24) is 4.98 Å². The Labute approximate surface area is 123 Å². The zero-order valence-electron chi connectivity index (χ0n) is 12.1. The third kappa shape index (κ3) is 2.38. The Bertz CT molecular complexity index is 821. The summed E-state index contributed by atoms with van der Waals surface area (Å²) in [7, 11) is 0. The number of aromatic amines is 1. The number of H-pyrrole nitrogens is 1. The molecule has 1 heterocycles. The summed E-state index contributed by atoms with van der Waals surface area (Å²) >= 11 is 0. The van der Waals surface area contributed by atoms with Crippen LogP contribution in [-0.2, 0) is 0 Å². The average molecular weight is 277 g/mol. The van der Waals surface area contributed by atoms with E-state index in [0.29, 0.717) is 0 Å². The third-order valence-corrected chi connectivity index (χ3v) is 3.65. The fourth-order valence-electron chi connectivity index (χ4n) is 2.73. The fourth-order valence-corrected chi connectivity index (χ4v) is 2.73. The molecule has 0 unspecified atom stereocenters. The smallest absolute Gasteiger partial charge is 0.207 e. The zero-order chi connectivity index (χ0) is 14.8. The normalized spacial score (nSPS) is 10.6. The lowest BCUT2D eigenvalue weighted by Gasteiger charge is -2.09. The second-order valence-electron chi connectivity index (χ2n) is 5.05. The van der Waals surface area contributed by atoms with Crippen LogP contribution < -0.4 is 10.3 Å². The number of para-hydroxylation sites is 1. The Kier molecular flexibility index (Phi) is 3.40. The first-order valence-corrected chi connectivity index (χ1v) is 6.95. The van der Waals surface area contributed by atoms with Gasteiger partial charge in [0, 0.05) is 0 Å². The van der Waals surface area contributed by atoms with Gasteiger partial charge in [-0.05, 0) is 31.5 Å². The highest BCUT2D eigenvalue weighted by Gasteiger charge is 2.20. The van der Waals surface area contributed by atoms with E-state index in [-0.39, 0.29) is 5.69 Å². The van der Waals surface area contributed by atoms with E-state index in [9.17, 15) is 4.79 Å². The molecule has 3 rings (SSSR count). The summed E-state index contributed by atoms with van der Waals surface area (Å²) in [5, 5.41) is 0. The van der Waals surface area contributed by atoms with Crippen molar-refractivity contribution >= 4 is 0 Å². The molecule has 0 aliphatic rings. The summed E-state index contributed by atoms with van der Waals surface area (Å²) in [6, 6.07) is 19.8. The van der Waals surface area contributed by atoms with Crippen molar-refractivity contribution in [2.24, 2.45) is 0 Å². The molecule has 3 aromatic rings. The van der Waals surface area contributed by atoms with E-state index in [4.69, 9.17) is 0 Å². The first-order chi connectivity index (χ1) is 10.2. The quantitative estimate of drug-likeness (QED) is 0.718. The van der Waals surface area contributed by atoms with E-state index in [1.165, 1.54) is 0 Å². The highest BCUT2D eigenvalue weighted by Crippen LogP contribution is 2.23. The molecule has 0 radical (unpaired) electrons. The molecule has 0 bridgehead atoms. The first kappa shape index (κ1) is 13.3. The van der Waals surface area contributed by atoms with Crippen LogP contribution in [0.25, 0.3) is 16.8 Å². The van der Waals surface area contributed by atoms with Gasteiger partial charge in [-0.2, -0.15) is 9.36 Å². The zero-order valence-corrected chi connectivity index (χ0v) is 12.1. The van der Waals surface area contributed by atoms with Crippen molar-refractivity contribution < 1.29 is 4.57 Å². The van der Waals surface area contributed by atoms with Crippen LogP contribution in [0.5, 0.6) is 0 Å². The van der Waals surface area contributed by atoms with Crippen molar-refractivity contribution in [2.75, 3.05) is 0 Å². The molecule has 21 heavy (non-hydrogen) atoms. The number of benzene rings is 2. The Morgan fingerprint density at radius 1 is 0.857 bits per heavy atom. The Morgan fingerprint density at radius 2 is 1.43 bits per heavy atom. The maximum atomic E-state index is 12.4. The largest absolute Gasteiger partial charge is 0.501 e. The lowest BCUT2D eigenvalue weighted by Crippen LogP contribution is -2.52. The van der Waals surface area contributed by atoms with Gasteiger partial charge in [-0.1, -0.05) is 48.5 Å². The molecule has 0 aliphatic heterocycles. The minimum atomic E-state index is -0.115. The molecular formula is C18H17N2O+. The van der Waals surface area contributed by atoms with Crippen molar-refractivity contribution in [3.05, 3.63) is 82.5 Å². The number of nitrogens with zero attached hydrogens (tertiary/aromatic N) is 1. The van der Waals surface area contributed by atoms with Gasteiger partial charge < -0.3 is 0 Å². The Hall–Kier alpha value is -2.68. The van der Waals surface area contributed by atoms with Gasteiger partial charge in [0.05, 0.1) is 5.56 Å². The summed E-state index contributed by atoms with van der Waals surface area (Å²) in [6.07, 6.45) is 0. The number of rotatable bonds is 2. The van der Waals surface area contributed by atoms with Crippen molar-refractivity contribution in [3.63, 3.8) is 0 Å². The third-order valence-electron chi connectivity index (χ3n) is 3.65. The first-order valence-electron chi connectivity index (χ1n) is 6.95. The molecule has 0 fully saturated rings. The summed E-state index contributed by atoms with van der Waals surface area (Å²) in [4.78, 5) is 15.3. The van der Waals surface area contributed by atoms with Gasteiger partial charge in [-0.3, -0.25) is 0 Å². The molecule has 2 aromatic carbocycles. The Morgan fingerprint density at radius 3 is 2.05 bits per heavy atom. The molecule has 0 saturated heterocycles. The summed E-state index contributed by atoms with van der Waals surface area (Å²) in [6.45, 7) is 3.92. The molecule has 0 saturated carbocycles. The summed E-state index contributed by atoms with van der Waals surface area (Å²) in [5.74, 6) is 0. The predicted octanol–water partition coefficient (Wildman–Crippen LogP) is 2.94. The highest BCUT2D eigenvalue weighted by molar-refractivity contribution is 5.66. The van der Waals surface area contributed by atoms with Crippen LogP contribution in [0.15, 0.2) is 65.5 Å². The monoisotopic (exact) mass is 277 g/mol. The number of aryl methyl sites for hydroxylation is 1. The molecule has 3 nitrogen and oxygen atoms in total. The van der Waals surface area contributed by atoms with Crippen LogP contribution in [0.1, 0.15) is 11.4 Å². The molecule has 1 N–H and O–H groups in total. The van der Waals surface area contributed by atoms with Crippen LogP contribution >= 0.6 is 0 Å². The van der Waals surface area contributed by atoms with E-state index >= 15 is 0 Å². The standard InChI is InChI=1S/C18H16N2O/c1-13-17(15-9-5-3-6-10-15)14(2)20(18(21)19-13)16-11-7-4-8-12-16/h3-12H,1-2H3/p+1. The Balaban J connectivity index is 2.31. The molecule has 0 spiro atoms. The second-order valence-corrected chi connectivity index (χ2v) is 5.05. The lowest BCUT2D eigenvalue weighted by atomic mass is 10.0. The van der Waals surface area contributed by atoms with Gasteiger partial charge in [0.2, 0.25) is 0 Å². The molecule has 0 amide bonds. The molecular weight excluding hydrogens is 260 g/mol. The van der Waals surface area contributed by atoms with E-state index in [2.05, 4.69) is 17.1 Å². The minimum Gasteiger partial charge on any atom is -0.207 e. The van der Waals surface area contributed by atoms with Gasteiger partial charge in [-0.15, -0.1) is 0 Å². The van der Waals surface area contributed by atoms with Gasteiger partial charge in [-0.25, -0.2) is 4.98 Å². The van der Waals surface area contributed by atoms with E-state index < -0.39 is 0 Å².